The van der Waals surface area contributed by atoms with Crippen molar-refractivity contribution < 1.29 is 9.59 Å². The Kier molecular flexibility index (Phi) is 3.65. The molecular weight excluding hydrogens is 270 g/mol. The standard InChI is InChI=1S/C14H15N5O2/c20-13-9-15-8-12(18-13)14(21)17-10-2-4-11(5-3-10)19-7-1-6-16-19/h1-7,12,15H,8-9H2,(H,17,21)(H,18,20)/t12-/m1/s1. The molecule has 0 spiro atoms. The van der Waals surface area contributed by atoms with E-state index in [4.69, 9.17) is 0 Å². The number of rotatable bonds is 3. The van der Waals surface area contributed by atoms with E-state index in [9.17, 15) is 9.59 Å². The Morgan fingerprint density at radius 1 is 1.33 bits per heavy atom. The Labute approximate surface area is 121 Å². The largest absolute Gasteiger partial charge is 0.342 e. The molecule has 7 nitrogen and oxygen atoms in total. The lowest BCUT2D eigenvalue weighted by Gasteiger charge is -2.23. The van der Waals surface area contributed by atoms with Gasteiger partial charge in [-0.3, -0.25) is 9.59 Å². The van der Waals surface area contributed by atoms with Crippen molar-refractivity contribution in [2.24, 2.45) is 0 Å². The Balaban J connectivity index is 1.65. The lowest BCUT2D eigenvalue weighted by Crippen LogP contribution is -2.57. The summed E-state index contributed by atoms with van der Waals surface area (Å²) in [5.74, 6) is -0.405. The monoisotopic (exact) mass is 285 g/mol. The summed E-state index contributed by atoms with van der Waals surface area (Å²) >= 11 is 0. The summed E-state index contributed by atoms with van der Waals surface area (Å²) in [5, 5.41) is 12.5. The molecule has 1 saturated heterocycles. The summed E-state index contributed by atoms with van der Waals surface area (Å²) < 4.78 is 1.73. The Morgan fingerprint density at radius 3 is 2.81 bits per heavy atom. The second-order valence-electron chi connectivity index (χ2n) is 4.74. The first-order valence-corrected chi connectivity index (χ1v) is 6.63. The molecule has 3 rings (SSSR count). The van der Waals surface area contributed by atoms with Crippen LogP contribution in [0.3, 0.4) is 0 Å². The molecule has 2 aromatic rings. The van der Waals surface area contributed by atoms with Crippen LogP contribution in [-0.2, 0) is 9.59 Å². The van der Waals surface area contributed by atoms with E-state index in [0.717, 1.165) is 5.69 Å². The molecule has 1 atom stereocenters. The molecule has 1 aliphatic rings. The number of hydrogen-bond donors (Lipinski definition) is 3. The number of hydrogen-bond acceptors (Lipinski definition) is 4. The van der Waals surface area contributed by atoms with E-state index in [1.807, 2.05) is 24.4 Å². The van der Waals surface area contributed by atoms with Crippen LogP contribution >= 0.6 is 0 Å². The van der Waals surface area contributed by atoms with E-state index in [0.29, 0.717) is 12.2 Å². The molecule has 0 aliphatic carbocycles. The number of piperazine rings is 1. The second-order valence-corrected chi connectivity index (χ2v) is 4.74. The maximum absolute atomic E-state index is 12.0. The third-order valence-corrected chi connectivity index (χ3v) is 3.19. The van der Waals surface area contributed by atoms with Gasteiger partial charge in [0.25, 0.3) is 0 Å². The first-order valence-electron chi connectivity index (χ1n) is 6.63. The fraction of sp³-hybridized carbons (Fsp3) is 0.214. The van der Waals surface area contributed by atoms with E-state index in [1.54, 1.807) is 23.0 Å². The number of carbonyl (C=O) groups excluding carboxylic acids is 2. The van der Waals surface area contributed by atoms with Crippen LogP contribution in [0, 0.1) is 0 Å². The fourth-order valence-electron chi connectivity index (χ4n) is 2.13. The zero-order valence-corrected chi connectivity index (χ0v) is 11.2. The van der Waals surface area contributed by atoms with Gasteiger partial charge >= 0.3 is 0 Å². The van der Waals surface area contributed by atoms with Crippen molar-refractivity contribution >= 4 is 17.5 Å². The van der Waals surface area contributed by atoms with Crippen molar-refractivity contribution in [3.05, 3.63) is 42.7 Å². The summed E-state index contributed by atoms with van der Waals surface area (Å²) in [6, 6.07) is 8.62. The number of benzene rings is 1. The molecule has 0 bridgehead atoms. The summed E-state index contributed by atoms with van der Waals surface area (Å²) in [6.45, 7) is 0.686. The highest BCUT2D eigenvalue weighted by atomic mass is 16.2. The average molecular weight is 285 g/mol. The molecule has 2 heterocycles. The quantitative estimate of drug-likeness (QED) is 0.735. The minimum atomic E-state index is -0.544. The van der Waals surface area contributed by atoms with Gasteiger partial charge in [0.15, 0.2) is 0 Å². The molecule has 7 heteroatoms. The molecule has 0 radical (unpaired) electrons. The van der Waals surface area contributed by atoms with Gasteiger partial charge in [-0.15, -0.1) is 0 Å². The number of aromatic nitrogens is 2. The van der Waals surface area contributed by atoms with Gasteiger partial charge in [0.05, 0.1) is 12.2 Å². The van der Waals surface area contributed by atoms with Crippen molar-refractivity contribution in [2.75, 3.05) is 18.4 Å². The van der Waals surface area contributed by atoms with Crippen LogP contribution in [0.1, 0.15) is 0 Å². The highest BCUT2D eigenvalue weighted by molar-refractivity contribution is 5.98. The first-order chi connectivity index (χ1) is 10.2. The molecule has 1 aliphatic heterocycles. The molecule has 21 heavy (non-hydrogen) atoms. The third-order valence-electron chi connectivity index (χ3n) is 3.19. The Morgan fingerprint density at radius 2 is 2.14 bits per heavy atom. The van der Waals surface area contributed by atoms with Crippen molar-refractivity contribution in [1.29, 1.82) is 0 Å². The van der Waals surface area contributed by atoms with Crippen LogP contribution in [0.5, 0.6) is 0 Å². The minimum Gasteiger partial charge on any atom is -0.342 e. The molecular formula is C14H15N5O2. The summed E-state index contributed by atoms with van der Waals surface area (Å²) in [4.78, 5) is 23.3. The zero-order valence-electron chi connectivity index (χ0n) is 11.2. The maximum atomic E-state index is 12.0. The molecule has 3 N–H and O–H groups in total. The van der Waals surface area contributed by atoms with Crippen LogP contribution in [0.25, 0.3) is 5.69 Å². The highest BCUT2D eigenvalue weighted by Gasteiger charge is 2.24. The van der Waals surface area contributed by atoms with Gasteiger partial charge in [-0.2, -0.15) is 5.10 Å². The number of anilines is 1. The topological polar surface area (TPSA) is 88.1 Å². The third kappa shape index (κ3) is 3.09. The van der Waals surface area contributed by atoms with Gasteiger partial charge in [0.1, 0.15) is 6.04 Å². The van der Waals surface area contributed by atoms with Gasteiger partial charge in [-0.05, 0) is 30.3 Å². The van der Waals surface area contributed by atoms with Gasteiger partial charge < -0.3 is 16.0 Å². The van der Waals surface area contributed by atoms with Gasteiger partial charge in [0, 0.05) is 24.6 Å². The number of amides is 2. The summed E-state index contributed by atoms with van der Waals surface area (Å²) in [6.07, 6.45) is 3.55. The molecule has 0 unspecified atom stereocenters. The van der Waals surface area contributed by atoms with Gasteiger partial charge in [-0.25, -0.2) is 4.68 Å². The van der Waals surface area contributed by atoms with Crippen molar-refractivity contribution in [3.8, 4) is 5.69 Å². The van der Waals surface area contributed by atoms with E-state index in [1.165, 1.54) is 0 Å². The lowest BCUT2D eigenvalue weighted by atomic mass is 10.2. The Bertz CT molecular complexity index is 636. The molecule has 1 aromatic heterocycles. The normalized spacial score (nSPS) is 18.1. The average Bonchev–Trinajstić information content (AvgIpc) is 3.02. The predicted octanol–water partition coefficient (Wildman–Crippen LogP) is -0.101. The second kappa shape index (κ2) is 5.76. The van der Waals surface area contributed by atoms with E-state index < -0.39 is 6.04 Å². The minimum absolute atomic E-state index is 0.171. The van der Waals surface area contributed by atoms with Crippen LogP contribution in [0.15, 0.2) is 42.7 Å². The SMILES string of the molecule is O=C1CNC[C@H](C(=O)Nc2ccc(-n3cccn3)cc2)N1. The first kappa shape index (κ1) is 13.3. The van der Waals surface area contributed by atoms with Crippen molar-refractivity contribution in [3.63, 3.8) is 0 Å². The highest BCUT2D eigenvalue weighted by Crippen LogP contribution is 2.12. The van der Waals surface area contributed by atoms with Crippen LogP contribution < -0.4 is 16.0 Å². The molecule has 1 fully saturated rings. The number of nitrogens with zero attached hydrogens (tertiary/aromatic N) is 2. The molecule has 2 amide bonds. The van der Waals surface area contributed by atoms with Crippen LogP contribution in [-0.4, -0.2) is 40.7 Å². The number of carbonyl (C=O) groups is 2. The molecule has 108 valence electrons. The van der Waals surface area contributed by atoms with E-state index in [2.05, 4.69) is 21.0 Å². The lowest BCUT2D eigenvalue weighted by molar-refractivity contribution is -0.127. The smallest absolute Gasteiger partial charge is 0.248 e. The van der Waals surface area contributed by atoms with Gasteiger partial charge in [-0.1, -0.05) is 0 Å². The molecule has 0 saturated carbocycles. The van der Waals surface area contributed by atoms with Gasteiger partial charge in [0.2, 0.25) is 11.8 Å². The van der Waals surface area contributed by atoms with Crippen molar-refractivity contribution in [1.82, 2.24) is 20.4 Å². The number of nitrogens with one attached hydrogen (secondary N) is 3. The fourth-order valence-corrected chi connectivity index (χ4v) is 2.13. The predicted molar refractivity (Wildman–Crippen MR) is 77.0 cm³/mol. The zero-order chi connectivity index (χ0) is 14.7. The summed E-state index contributed by atoms with van der Waals surface area (Å²) in [7, 11) is 0. The van der Waals surface area contributed by atoms with Crippen LogP contribution in [0.2, 0.25) is 0 Å². The summed E-state index contributed by atoms with van der Waals surface area (Å²) in [5.41, 5.74) is 1.58. The van der Waals surface area contributed by atoms with E-state index >= 15 is 0 Å². The van der Waals surface area contributed by atoms with E-state index in [-0.39, 0.29) is 18.4 Å². The Hall–Kier alpha value is -2.67. The molecule has 1 aromatic carbocycles. The maximum Gasteiger partial charge on any atom is 0.248 e. The van der Waals surface area contributed by atoms with Crippen LogP contribution in [0.4, 0.5) is 5.69 Å². The van der Waals surface area contributed by atoms with Crippen molar-refractivity contribution in [2.45, 2.75) is 6.04 Å².